The van der Waals surface area contributed by atoms with E-state index in [1.54, 1.807) is 6.92 Å². The first-order valence-electron chi connectivity index (χ1n) is 15.8. The Morgan fingerprint density at radius 1 is 1.07 bits per heavy atom. The third-order valence-corrected chi connectivity index (χ3v) is 8.40. The van der Waals surface area contributed by atoms with Crippen LogP contribution in [0.25, 0.3) is 10.8 Å². The Morgan fingerprint density at radius 3 is 2.55 bits per heavy atom. The highest BCUT2D eigenvalue weighted by atomic mass is 16.5. The van der Waals surface area contributed by atoms with Crippen molar-refractivity contribution < 1.29 is 23.7 Å². The van der Waals surface area contributed by atoms with E-state index in [2.05, 4.69) is 15.8 Å². The summed E-state index contributed by atoms with van der Waals surface area (Å²) in [6, 6.07) is 14.2. The van der Waals surface area contributed by atoms with Gasteiger partial charge in [0, 0.05) is 43.2 Å². The van der Waals surface area contributed by atoms with Crippen molar-refractivity contribution in [2.24, 2.45) is 17.8 Å². The minimum absolute atomic E-state index is 0.0253. The van der Waals surface area contributed by atoms with Crippen molar-refractivity contribution in [2.45, 2.75) is 91.1 Å². The third kappa shape index (κ3) is 8.97. The molecule has 8 nitrogen and oxygen atoms in total. The lowest BCUT2D eigenvalue weighted by Gasteiger charge is -2.27. The van der Waals surface area contributed by atoms with Gasteiger partial charge in [-0.3, -0.25) is 19.2 Å². The molecular formula is C36H45N3O5. The van der Waals surface area contributed by atoms with Gasteiger partial charge in [0.1, 0.15) is 11.5 Å². The Balaban J connectivity index is 1.55. The molecule has 1 fully saturated rings. The summed E-state index contributed by atoms with van der Waals surface area (Å²) < 4.78 is 5.09. The molecule has 0 saturated heterocycles. The van der Waals surface area contributed by atoms with E-state index in [0.29, 0.717) is 25.0 Å². The smallest absolute Gasteiger partial charge is 0.274 e. The van der Waals surface area contributed by atoms with Crippen molar-refractivity contribution in [3.8, 4) is 0 Å². The van der Waals surface area contributed by atoms with Crippen molar-refractivity contribution in [3.05, 3.63) is 77.7 Å². The highest BCUT2D eigenvalue weighted by Crippen LogP contribution is 2.26. The number of aryl methyl sites for hydroxylation is 1. The number of nitrogens with one attached hydrogen (secondary N) is 2. The maximum absolute atomic E-state index is 14.0. The van der Waals surface area contributed by atoms with E-state index >= 15 is 0 Å². The zero-order valence-corrected chi connectivity index (χ0v) is 26.3. The van der Waals surface area contributed by atoms with Gasteiger partial charge in [0.25, 0.3) is 5.91 Å². The largest absolute Gasteiger partial charge is 0.361 e. The van der Waals surface area contributed by atoms with Crippen LogP contribution in [-0.4, -0.2) is 40.6 Å². The van der Waals surface area contributed by atoms with E-state index in [4.69, 9.17) is 4.52 Å². The number of hydrogen-bond acceptors (Lipinski definition) is 6. The van der Waals surface area contributed by atoms with Crippen molar-refractivity contribution in [2.75, 3.05) is 0 Å². The van der Waals surface area contributed by atoms with Gasteiger partial charge in [0.15, 0.2) is 11.5 Å². The predicted octanol–water partition coefficient (Wildman–Crippen LogP) is 6.31. The van der Waals surface area contributed by atoms with Gasteiger partial charge >= 0.3 is 0 Å². The van der Waals surface area contributed by atoms with Crippen LogP contribution < -0.4 is 10.6 Å². The molecule has 4 rings (SSSR count). The summed E-state index contributed by atoms with van der Waals surface area (Å²) >= 11 is 0. The molecule has 234 valence electrons. The highest BCUT2D eigenvalue weighted by Gasteiger charge is 2.31. The molecule has 0 bridgehead atoms. The first kappa shape index (κ1) is 32.8. The number of allylic oxidation sites excluding steroid dienone is 1. The molecule has 0 spiro atoms. The van der Waals surface area contributed by atoms with E-state index in [1.807, 2.05) is 75.4 Å². The van der Waals surface area contributed by atoms with Crippen molar-refractivity contribution in [3.63, 3.8) is 0 Å². The second-order valence-corrected chi connectivity index (χ2v) is 12.5. The Kier molecular flexibility index (Phi) is 11.6. The first-order chi connectivity index (χ1) is 21.1. The summed E-state index contributed by atoms with van der Waals surface area (Å²) in [7, 11) is 0. The molecule has 3 aromatic rings. The predicted molar refractivity (Wildman–Crippen MR) is 171 cm³/mol. The monoisotopic (exact) mass is 599 g/mol. The molecule has 0 radical (unpaired) electrons. The van der Waals surface area contributed by atoms with Gasteiger partial charge < -0.3 is 15.2 Å². The van der Waals surface area contributed by atoms with Crippen LogP contribution in [0.4, 0.5) is 0 Å². The number of benzene rings is 2. The van der Waals surface area contributed by atoms with Gasteiger partial charge in [-0.15, -0.1) is 0 Å². The lowest BCUT2D eigenvalue weighted by molar-refractivity contribution is -0.131. The maximum atomic E-state index is 14.0. The summed E-state index contributed by atoms with van der Waals surface area (Å²) in [5.41, 5.74) is 1.02. The first-order valence-corrected chi connectivity index (χ1v) is 15.8. The number of amides is 2. The quantitative estimate of drug-likeness (QED) is 0.210. The van der Waals surface area contributed by atoms with Gasteiger partial charge in [-0.2, -0.15) is 0 Å². The Morgan fingerprint density at radius 2 is 1.84 bits per heavy atom. The zero-order chi connectivity index (χ0) is 31.6. The molecule has 1 saturated carbocycles. The molecule has 44 heavy (non-hydrogen) atoms. The molecule has 0 aliphatic heterocycles. The molecule has 2 N–H and O–H groups in total. The van der Waals surface area contributed by atoms with Crippen molar-refractivity contribution in [1.29, 1.82) is 0 Å². The normalized spacial score (nSPS) is 17.5. The SMILES string of the molecule is C/C=C/[C@H](C[C@@H]1CCCCC1=O)NC(=O)[C@@H](CC(=O)[C@H](Cc1cccc2ccccc12)NC(=O)c1cc(C)on1)CC(C)C. The van der Waals surface area contributed by atoms with Gasteiger partial charge in [-0.25, -0.2) is 0 Å². The second kappa shape index (κ2) is 15.6. The van der Waals surface area contributed by atoms with E-state index in [-0.39, 0.29) is 53.9 Å². The fourth-order valence-electron chi connectivity index (χ4n) is 6.21. The van der Waals surface area contributed by atoms with Crippen molar-refractivity contribution in [1.82, 2.24) is 15.8 Å². The number of ketones is 2. The second-order valence-electron chi connectivity index (χ2n) is 12.5. The van der Waals surface area contributed by atoms with Crippen LogP contribution in [0.3, 0.4) is 0 Å². The average Bonchev–Trinajstić information content (AvgIpc) is 3.44. The third-order valence-electron chi connectivity index (χ3n) is 8.40. The summed E-state index contributed by atoms with van der Waals surface area (Å²) in [6.45, 7) is 7.64. The van der Waals surface area contributed by atoms with Gasteiger partial charge in [-0.1, -0.05) is 80.0 Å². The number of aromatic nitrogens is 1. The average molecular weight is 600 g/mol. The van der Waals surface area contributed by atoms with Crippen LogP contribution in [0.1, 0.15) is 87.5 Å². The molecule has 1 aromatic heterocycles. The van der Waals surface area contributed by atoms with Crippen LogP contribution in [0, 0.1) is 24.7 Å². The molecule has 1 aliphatic carbocycles. The standard InChI is InChI=1S/C36H45N3O5/c1-5-11-29(20-27-13-7-9-17-33(27)40)37-35(42)28(18-23(2)3)22-34(41)31(38-36(43)32-19-24(4)44-39-32)21-26-15-10-14-25-12-6-8-16-30(25)26/h5-6,8,10-12,14-16,19,23,27-29,31H,7,9,13,17-18,20-22H2,1-4H3,(H,37,42)(H,38,43)/b11-5+/t27-,28+,29+,31-/m0/s1. The van der Waals surface area contributed by atoms with E-state index < -0.39 is 17.9 Å². The summed E-state index contributed by atoms with van der Waals surface area (Å²) in [6.07, 6.45) is 8.54. The molecule has 2 aromatic carbocycles. The maximum Gasteiger partial charge on any atom is 0.274 e. The molecule has 1 heterocycles. The number of hydrogen-bond donors (Lipinski definition) is 2. The van der Waals surface area contributed by atoms with E-state index in [0.717, 1.165) is 35.6 Å². The van der Waals surface area contributed by atoms with E-state index in [1.165, 1.54) is 6.07 Å². The lowest BCUT2D eigenvalue weighted by Crippen LogP contribution is -2.45. The fourth-order valence-corrected chi connectivity index (χ4v) is 6.21. The summed E-state index contributed by atoms with van der Waals surface area (Å²) in [5.74, 6) is -0.652. The van der Waals surface area contributed by atoms with Crippen LogP contribution >= 0.6 is 0 Å². The number of nitrogens with zero attached hydrogens (tertiary/aromatic N) is 1. The number of carbonyl (C=O) groups is 4. The van der Waals surface area contributed by atoms with Gasteiger partial charge in [-0.05, 0) is 61.8 Å². The highest BCUT2D eigenvalue weighted by molar-refractivity contribution is 5.98. The minimum Gasteiger partial charge on any atom is -0.361 e. The van der Waals surface area contributed by atoms with Crippen LogP contribution in [-0.2, 0) is 20.8 Å². The Bertz CT molecular complexity index is 1480. The van der Waals surface area contributed by atoms with Crippen LogP contribution in [0.15, 0.2) is 65.2 Å². The summed E-state index contributed by atoms with van der Waals surface area (Å²) in [5, 5.41) is 11.9. The minimum atomic E-state index is -0.876. The molecule has 4 atom stereocenters. The topological polar surface area (TPSA) is 118 Å². The lowest BCUT2D eigenvalue weighted by atomic mass is 9.83. The molecule has 8 heteroatoms. The van der Waals surface area contributed by atoms with Gasteiger partial charge in [0.2, 0.25) is 5.91 Å². The molecule has 2 amide bonds. The Labute approximate surface area is 260 Å². The number of fused-ring (bicyclic) bond motifs is 1. The van der Waals surface area contributed by atoms with Crippen LogP contribution in [0.5, 0.6) is 0 Å². The van der Waals surface area contributed by atoms with Crippen LogP contribution in [0.2, 0.25) is 0 Å². The van der Waals surface area contributed by atoms with Gasteiger partial charge in [0.05, 0.1) is 6.04 Å². The number of Topliss-reactive ketones (excluding diaryl/α,β-unsaturated/α-hetero) is 2. The van der Waals surface area contributed by atoms with E-state index in [9.17, 15) is 19.2 Å². The number of carbonyl (C=O) groups excluding carboxylic acids is 4. The molecule has 0 unspecified atom stereocenters. The molecule has 1 aliphatic rings. The molecular weight excluding hydrogens is 554 g/mol. The number of rotatable bonds is 14. The zero-order valence-electron chi connectivity index (χ0n) is 26.3. The van der Waals surface area contributed by atoms with Crippen molar-refractivity contribution >= 4 is 34.2 Å². The summed E-state index contributed by atoms with van der Waals surface area (Å²) in [4.78, 5) is 53.4. The Hall–Kier alpha value is -4.07. The fraction of sp³-hybridized carbons (Fsp3) is 0.472.